The van der Waals surface area contributed by atoms with E-state index in [-0.39, 0.29) is 11.9 Å². The maximum Gasteiger partial charge on any atom is 0.265 e. The molecule has 0 aliphatic heterocycles. The SMILES string of the molecule is CC(C)Nc1nc(N)c(C(=O)NCC(C2CC2)C2CC2)s1. The van der Waals surface area contributed by atoms with E-state index in [0.29, 0.717) is 21.7 Å². The summed E-state index contributed by atoms with van der Waals surface area (Å²) < 4.78 is 0. The van der Waals surface area contributed by atoms with Crippen LogP contribution < -0.4 is 16.4 Å². The minimum Gasteiger partial charge on any atom is -0.382 e. The van der Waals surface area contributed by atoms with E-state index in [1.165, 1.54) is 37.0 Å². The minimum atomic E-state index is -0.0758. The van der Waals surface area contributed by atoms with Crippen molar-refractivity contribution >= 4 is 28.2 Å². The Kier molecular flexibility index (Phi) is 4.06. The molecule has 0 spiro atoms. The molecule has 4 N–H and O–H groups in total. The van der Waals surface area contributed by atoms with Gasteiger partial charge in [0.1, 0.15) is 10.7 Å². The van der Waals surface area contributed by atoms with Crippen LogP contribution in [0.5, 0.6) is 0 Å². The number of carbonyl (C=O) groups is 1. The average Bonchev–Trinajstić information content (AvgIpc) is 3.29. The van der Waals surface area contributed by atoms with Crippen LogP contribution in [-0.2, 0) is 0 Å². The summed E-state index contributed by atoms with van der Waals surface area (Å²) >= 11 is 1.34. The second-order valence-electron chi connectivity index (χ2n) is 6.58. The Labute approximate surface area is 129 Å². The molecular weight excluding hydrogens is 284 g/mol. The van der Waals surface area contributed by atoms with Gasteiger partial charge in [-0.3, -0.25) is 4.79 Å². The van der Waals surface area contributed by atoms with Crippen molar-refractivity contribution in [3.63, 3.8) is 0 Å². The molecule has 1 heterocycles. The Morgan fingerprint density at radius 2 is 1.95 bits per heavy atom. The van der Waals surface area contributed by atoms with Crippen molar-refractivity contribution in [3.05, 3.63) is 4.88 Å². The van der Waals surface area contributed by atoms with E-state index in [4.69, 9.17) is 5.73 Å². The van der Waals surface area contributed by atoms with Crippen molar-refractivity contribution in [2.45, 2.75) is 45.6 Å². The average molecular weight is 308 g/mol. The van der Waals surface area contributed by atoms with Gasteiger partial charge < -0.3 is 16.4 Å². The first-order valence-corrected chi connectivity index (χ1v) is 8.67. The van der Waals surface area contributed by atoms with Crippen molar-refractivity contribution in [2.75, 3.05) is 17.6 Å². The predicted molar refractivity (Wildman–Crippen MR) is 86.6 cm³/mol. The van der Waals surface area contributed by atoms with Crippen LogP contribution in [0.15, 0.2) is 0 Å². The molecule has 0 aromatic carbocycles. The molecule has 0 radical (unpaired) electrons. The Bertz CT molecular complexity index is 508. The number of aromatic nitrogens is 1. The van der Waals surface area contributed by atoms with E-state index in [2.05, 4.69) is 15.6 Å². The highest BCUT2D eigenvalue weighted by atomic mass is 32.1. The number of anilines is 2. The molecule has 0 atom stereocenters. The summed E-state index contributed by atoms with van der Waals surface area (Å²) in [6.07, 6.45) is 5.34. The van der Waals surface area contributed by atoms with E-state index in [1.807, 2.05) is 13.8 Å². The van der Waals surface area contributed by atoms with Gasteiger partial charge in [-0.2, -0.15) is 0 Å². The highest BCUT2D eigenvalue weighted by molar-refractivity contribution is 7.18. The zero-order valence-corrected chi connectivity index (χ0v) is 13.5. The fourth-order valence-corrected chi connectivity index (χ4v) is 3.81. The van der Waals surface area contributed by atoms with Gasteiger partial charge in [0.2, 0.25) is 0 Å². The third-order valence-corrected chi connectivity index (χ3v) is 5.23. The van der Waals surface area contributed by atoms with Gasteiger partial charge >= 0.3 is 0 Å². The molecule has 2 saturated carbocycles. The molecule has 116 valence electrons. The zero-order valence-electron chi connectivity index (χ0n) is 12.7. The second kappa shape index (κ2) is 5.83. The van der Waals surface area contributed by atoms with Gasteiger partial charge in [-0.15, -0.1) is 0 Å². The van der Waals surface area contributed by atoms with Gasteiger partial charge in [-0.1, -0.05) is 11.3 Å². The summed E-state index contributed by atoms with van der Waals surface area (Å²) in [5.41, 5.74) is 5.87. The minimum absolute atomic E-state index is 0.0758. The van der Waals surface area contributed by atoms with Gasteiger partial charge in [0.25, 0.3) is 5.91 Å². The standard InChI is InChI=1S/C15H24N4OS/c1-8(2)18-15-19-13(16)12(21-15)14(20)17-7-11(9-3-4-9)10-5-6-10/h8-11H,3-7,16H2,1-2H3,(H,17,20)(H,18,19). The van der Waals surface area contributed by atoms with Crippen LogP contribution in [0.4, 0.5) is 10.9 Å². The Hall–Kier alpha value is -1.30. The Morgan fingerprint density at radius 1 is 1.33 bits per heavy atom. The molecule has 0 bridgehead atoms. The maximum atomic E-state index is 12.3. The normalized spacial score (nSPS) is 18.3. The predicted octanol–water partition coefficient (Wildman–Crippen LogP) is 2.71. The molecule has 1 amide bonds. The van der Waals surface area contributed by atoms with Crippen LogP contribution in [-0.4, -0.2) is 23.5 Å². The number of rotatable bonds is 7. The molecule has 0 saturated heterocycles. The number of nitrogens with one attached hydrogen (secondary N) is 2. The summed E-state index contributed by atoms with van der Waals surface area (Å²) in [4.78, 5) is 17.1. The first kappa shape index (κ1) is 14.6. The number of nitrogens with two attached hydrogens (primary N) is 1. The molecular formula is C15H24N4OS. The number of nitrogens with zero attached hydrogens (tertiary/aromatic N) is 1. The molecule has 6 heteroatoms. The molecule has 5 nitrogen and oxygen atoms in total. The van der Waals surface area contributed by atoms with E-state index in [9.17, 15) is 4.79 Å². The summed E-state index contributed by atoms with van der Waals surface area (Å²) in [5, 5.41) is 6.98. The monoisotopic (exact) mass is 308 g/mol. The number of nitrogen functional groups attached to an aromatic ring is 1. The van der Waals surface area contributed by atoms with Crippen LogP contribution in [0.2, 0.25) is 0 Å². The van der Waals surface area contributed by atoms with Crippen LogP contribution in [0.25, 0.3) is 0 Å². The zero-order chi connectivity index (χ0) is 15.0. The quantitative estimate of drug-likeness (QED) is 0.723. The van der Waals surface area contributed by atoms with Gasteiger partial charge in [-0.05, 0) is 57.3 Å². The van der Waals surface area contributed by atoms with Crippen molar-refractivity contribution in [1.82, 2.24) is 10.3 Å². The lowest BCUT2D eigenvalue weighted by atomic mass is 9.98. The highest BCUT2D eigenvalue weighted by Gasteiger charge is 2.41. The van der Waals surface area contributed by atoms with E-state index >= 15 is 0 Å². The van der Waals surface area contributed by atoms with Gasteiger partial charge in [0.05, 0.1) is 0 Å². The molecule has 2 aliphatic rings. The molecule has 1 aromatic rings. The number of hydrogen-bond acceptors (Lipinski definition) is 5. The van der Waals surface area contributed by atoms with E-state index < -0.39 is 0 Å². The number of thiazole rings is 1. The Morgan fingerprint density at radius 3 is 2.48 bits per heavy atom. The van der Waals surface area contributed by atoms with Crippen molar-refractivity contribution < 1.29 is 4.79 Å². The van der Waals surface area contributed by atoms with Crippen molar-refractivity contribution in [1.29, 1.82) is 0 Å². The van der Waals surface area contributed by atoms with Crippen molar-refractivity contribution in [2.24, 2.45) is 17.8 Å². The van der Waals surface area contributed by atoms with E-state index in [0.717, 1.165) is 18.4 Å². The molecule has 2 fully saturated rings. The fourth-order valence-electron chi connectivity index (χ4n) is 2.86. The number of amides is 1. The lowest BCUT2D eigenvalue weighted by molar-refractivity contribution is 0.0948. The summed E-state index contributed by atoms with van der Waals surface area (Å²) in [6.45, 7) is 4.86. The lowest BCUT2D eigenvalue weighted by Crippen LogP contribution is -2.31. The van der Waals surface area contributed by atoms with E-state index in [1.54, 1.807) is 0 Å². The topological polar surface area (TPSA) is 80.0 Å². The summed E-state index contributed by atoms with van der Waals surface area (Å²) in [6, 6.07) is 0.278. The highest BCUT2D eigenvalue weighted by Crippen LogP contribution is 2.48. The largest absolute Gasteiger partial charge is 0.382 e. The molecule has 0 unspecified atom stereocenters. The van der Waals surface area contributed by atoms with Crippen LogP contribution in [0, 0.1) is 17.8 Å². The van der Waals surface area contributed by atoms with Crippen molar-refractivity contribution in [3.8, 4) is 0 Å². The third-order valence-electron chi connectivity index (χ3n) is 4.23. The first-order chi connectivity index (χ1) is 10.0. The Balaban J connectivity index is 1.58. The van der Waals surface area contributed by atoms with Crippen LogP contribution >= 0.6 is 11.3 Å². The number of hydrogen-bond donors (Lipinski definition) is 3. The smallest absolute Gasteiger partial charge is 0.265 e. The third kappa shape index (κ3) is 3.67. The summed E-state index contributed by atoms with van der Waals surface area (Å²) in [5.74, 6) is 2.61. The molecule has 1 aromatic heterocycles. The molecule has 3 rings (SSSR count). The van der Waals surface area contributed by atoms with Gasteiger partial charge in [0, 0.05) is 12.6 Å². The van der Waals surface area contributed by atoms with Crippen LogP contribution in [0.1, 0.15) is 49.2 Å². The van der Waals surface area contributed by atoms with Gasteiger partial charge in [0.15, 0.2) is 5.13 Å². The number of carbonyl (C=O) groups excluding carboxylic acids is 1. The summed E-state index contributed by atoms with van der Waals surface area (Å²) in [7, 11) is 0. The van der Waals surface area contributed by atoms with Crippen LogP contribution in [0.3, 0.4) is 0 Å². The fraction of sp³-hybridized carbons (Fsp3) is 0.733. The second-order valence-corrected chi connectivity index (χ2v) is 7.58. The first-order valence-electron chi connectivity index (χ1n) is 7.85. The lowest BCUT2D eigenvalue weighted by Gasteiger charge is -2.15. The maximum absolute atomic E-state index is 12.3. The molecule has 21 heavy (non-hydrogen) atoms. The molecule has 2 aliphatic carbocycles. The van der Waals surface area contributed by atoms with Gasteiger partial charge in [-0.25, -0.2) is 4.98 Å².